The quantitative estimate of drug-likeness (QED) is 0.785. The number of hydrogen-bond donors (Lipinski definition) is 2. The zero-order valence-electron chi connectivity index (χ0n) is 14.2. The maximum atomic E-state index is 12.3. The van der Waals surface area contributed by atoms with Crippen molar-refractivity contribution in [1.82, 2.24) is 9.69 Å². The Kier molecular flexibility index (Phi) is 5.92. The van der Waals surface area contributed by atoms with Crippen LogP contribution in [0.4, 0.5) is 5.00 Å². The Labute approximate surface area is 145 Å². The van der Waals surface area contributed by atoms with E-state index in [0.717, 1.165) is 11.1 Å². The Balaban J connectivity index is 1.92. The van der Waals surface area contributed by atoms with Crippen molar-refractivity contribution in [2.75, 3.05) is 12.4 Å². The van der Waals surface area contributed by atoms with Gasteiger partial charge in [0.25, 0.3) is 5.91 Å². The molecule has 0 saturated carbocycles. The number of esters is 1. The average Bonchev–Trinajstić information content (AvgIpc) is 2.94. The molecule has 1 unspecified atom stereocenters. The first kappa shape index (κ1) is 17.9. The summed E-state index contributed by atoms with van der Waals surface area (Å²) in [5, 5.41) is 6.30. The molecule has 0 saturated heterocycles. The highest BCUT2D eigenvalue weighted by Crippen LogP contribution is 2.25. The van der Waals surface area contributed by atoms with Gasteiger partial charge in [0.1, 0.15) is 10.6 Å². The van der Waals surface area contributed by atoms with Gasteiger partial charge in [0.15, 0.2) is 6.10 Å². The molecule has 128 valence electrons. The number of benzene rings is 1. The molecule has 0 aliphatic rings. The molecule has 0 spiro atoms. The van der Waals surface area contributed by atoms with Crippen LogP contribution in [-0.2, 0) is 16.1 Å². The van der Waals surface area contributed by atoms with Gasteiger partial charge in [-0.2, -0.15) is 4.37 Å². The van der Waals surface area contributed by atoms with E-state index >= 15 is 0 Å². The first-order valence-electron chi connectivity index (χ1n) is 7.60. The smallest absolute Gasteiger partial charge is 0.343 e. The largest absolute Gasteiger partial charge is 0.449 e. The van der Waals surface area contributed by atoms with Crippen molar-refractivity contribution >= 4 is 28.4 Å². The number of nitrogens with zero attached hydrogens (tertiary/aromatic N) is 1. The van der Waals surface area contributed by atoms with E-state index < -0.39 is 12.1 Å². The Morgan fingerprint density at radius 3 is 2.54 bits per heavy atom. The van der Waals surface area contributed by atoms with Gasteiger partial charge in [0.2, 0.25) is 0 Å². The third-order valence-electron chi connectivity index (χ3n) is 3.53. The van der Waals surface area contributed by atoms with Gasteiger partial charge in [-0.05, 0) is 37.9 Å². The third kappa shape index (κ3) is 4.32. The molecular formula is C17H21N3O3S. The van der Waals surface area contributed by atoms with Crippen molar-refractivity contribution < 1.29 is 14.3 Å². The number of hydrogen-bond acceptors (Lipinski definition) is 6. The molecule has 0 radical (unpaired) electrons. The Morgan fingerprint density at radius 1 is 1.25 bits per heavy atom. The van der Waals surface area contributed by atoms with Crippen molar-refractivity contribution in [1.29, 1.82) is 0 Å². The Bertz CT molecular complexity index is 725. The maximum absolute atomic E-state index is 12.3. The number of aromatic nitrogens is 1. The molecule has 1 amide bonds. The van der Waals surface area contributed by atoms with Gasteiger partial charge in [0.05, 0.1) is 5.69 Å². The predicted molar refractivity (Wildman–Crippen MR) is 94.3 cm³/mol. The topological polar surface area (TPSA) is 80.3 Å². The fraction of sp³-hybridized carbons (Fsp3) is 0.353. The lowest BCUT2D eigenvalue weighted by atomic mass is 10.1. The molecule has 2 N–H and O–H groups in total. The molecule has 1 heterocycles. The van der Waals surface area contributed by atoms with Crippen molar-refractivity contribution in [2.24, 2.45) is 0 Å². The first-order chi connectivity index (χ1) is 11.4. The second-order valence-electron chi connectivity index (χ2n) is 5.47. The number of carbonyl (C=O) groups is 2. The molecule has 2 aromatic rings. The highest BCUT2D eigenvalue weighted by molar-refractivity contribution is 7.10. The van der Waals surface area contributed by atoms with Crippen LogP contribution in [0.2, 0.25) is 0 Å². The minimum atomic E-state index is -0.882. The monoisotopic (exact) mass is 347 g/mol. The summed E-state index contributed by atoms with van der Waals surface area (Å²) in [5.74, 6) is -0.889. The van der Waals surface area contributed by atoms with Crippen molar-refractivity contribution in [3.05, 3.63) is 46.6 Å². The highest BCUT2D eigenvalue weighted by Gasteiger charge is 2.24. The molecule has 1 aromatic heterocycles. The molecule has 0 bridgehead atoms. The molecule has 0 aliphatic carbocycles. The van der Waals surface area contributed by atoms with Gasteiger partial charge in [-0.3, -0.25) is 4.79 Å². The van der Waals surface area contributed by atoms with Gasteiger partial charge >= 0.3 is 5.97 Å². The number of ether oxygens (including phenoxy) is 1. The number of amides is 1. The summed E-state index contributed by atoms with van der Waals surface area (Å²) < 4.78 is 9.38. The summed E-state index contributed by atoms with van der Waals surface area (Å²) in [5.41, 5.74) is 3.11. The minimum Gasteiger partial charge on any atom is -0.449 e. The summed E-state index contributed by atoms with van der Waals surface area (Å²) in [6, 6.07) is 7.87. The maximum Gasteiger partial charge on any atom is 0.343 e. The van der Waals surface area contributed by atoms with Crippen molar-refractivity contribution in [3.63, 3.8) is 0 Å². The number of anilines is 1. The minimum absolute atomic E-state index is 0.337. The molecular weight excluding hydrogens is 326 g/mol. The second-order valence-corrected chi connectivity index (χ2v) is 6.25. The standard InChI is InChI=1S/C17H21N3O3S/c1-10-5-7-13(8-6-10)9-19-15(21)12(3)23-17(22)14-11(2)20-24-16(14)18-4/h5-8,12,18H,9H2,1-4H3,(H,19,21). The summed E-state index contributed by atoms with van der Waals surface area (Å²) in [4.78, 5) is 24.4. The molecule has 24 heavy (non-hydrogen) atoms. The van der Waals surface area contributed by atoms with Crippen LogP contribution in [0.25, 0.3) is 0 Å². The van der Waals surface area contributed by atoms with Crippen LogP contribution in [0, 0.1) is 13.8 Å². The van der Waals surface area contributed by atoms with E-state index in [1.54, 1.807) is 20.9 Å². The fourth-order valence-corrected chi connectivity index (χ4v) is 2.83. The molecule has 0 aliphatic heterocycles. The lowest BCUT2D eigenvalue weighted by Gasteiger charge is -2.14. The van der Waals surface area contributed by atoms with Crippen molar-refractivity contribution in [3.8, 4) is 0 Å². The van der Waals surface area contributed by atoms with E-state index in [1.165, 1.54) is 11.5 Å². The zero-order valence-corrected chi connectivity index (χ0v) is 15.0. The van der Waals surface area contributed by atoms with Gasteiger partial charge in [-0.1, -0.05) is 29.8 Å². The van der Waals surface area contributed by atoms with Crippen LogP contribution >= 0.6 is 11.5 Å². The summed E-state index contributed by atoms with van der Waals surface area (Å²) in [6.07, 6.45) is -0.882. The van der Waals surface area contributed by atoms with Gasteiger partial charge < -0.3 is 15.4 Å². The van der Waals surface area contributed by atoms with E-state index in [-0.39, 0.29) is 5.91 Å². The van der Waals surface area contributed by atoms with Gasteiger partial charge in [0, 0.05) is 13.6 Å². The van der Waals surface area contributed by atoms with E-state index in [1.807, 2.05) is 31.2 Å². The van der Waals surface area contributed by atoms with E-state index in [4.69, 9.17) is 4.74 Å². The molecule has 0 fully saturated rings. The second kappa shape index (κ2) is 7.92. The van der Waals surface area contributed by atoms with Crippen LogP contribution in [0.1, 0.15) is 34.1 Å². The predicted octanol–water partition coefficient (Wildman–Crippen LogP) is 2.66. The average molecular weight is 347 g/mol. The fourth-order valence-electron chi connectivity index (χ4n) is 2.09. The highest BCUT2D eigenvalue weighted by atomic mass is 32.1. The van der Waals surface area contributed by atoms with Crippen LogP contribution in [-0.4, -0.2) is 29.4 Å². The number of rotatable bonds is 6. The van der Waals surface area contributed by atoms with E-state index in [9.17, 15) is 9.59 Å². The molecule has 7 heteroatoms. The Morgan fingerprint density at radius 2 is 1.92 bits per heavy atom. The van der Waals surface area contributed by atoms with E-state index in [0.29, 0.717) is 22.8 Å². The third-order valence-corrected chi connectivity index (χ3v) is 4.49. The number of carbonyl (C=O) groups excluding carboxylic acids is 2. The summed E-state index contributed by atoms with van der Waals surface area (Å²) in [6.45, 7) is 5.68. The van der Waals surface area contributed by atoms with Gasteiger partial charge in [-0.25, -0.2) is 4.79 Å². The molecule has 6 nitrogen and oxygen atoms in total. The van der Waals surface area contributed by atoms with Gasteiger partial charge in [-0.15, -0.1) is 0 Å². The first-order valence-corrected chi connectivity index (χ1v) is 8.38. The lowest BCUT2D eigenvalue weighted by molar-refractivity contribution is -0.129. The SMILES string of the molecule is CNc1snc(C)c1C(=O)OC(C)C(=O)NCc1ccc(C)cc1. The zero-order chi connectivity index (χ0) is 17.7. The molecule has 1 aromatic carbocycles. The molecule has 1 atom stereocenters. The van der Waals surface area contributed by atoms with Crippen molar-refractivity contribution in [2.45, 2.75) is 33.4 Å². The number of nitrogens with one attached hydrogen (secondary N) is 2. The van der Waals surface area contributed by atoms with E-state index in [2.05, 4.69) is 15.0 Å². The van der Waals surface area contributed by atoms with Crippen LogP contribution in [0.5, 0.6) is 0 Å². The lowest BCUT2D eigenvalue weighted by Crippen LogP contribution is -2.35. The summed E-state index contributed by atoms with van der Waals surface area (Å²) in [7, 11) is 1.71. The number of aryl methyl sites for hydroxylation is 2. The normalized spacial score (nSPS) is 11.7. The summed E-state index contributed by atoms with van der Waals surface area (Å²) >= 11 is 1.19. The Hall–Kier alpha value is -2.41. The molecule has 2 rings (SSSR count). The van der Waals surface area contributed by atoms with Crippen LogP contribution < -0.4 is 10.6 Å². The van der Waals surface area contributed by atoms with Crippen LogP contribution in [0.15, 0.2) is 24.3 Å². The van der Waals surface area contributed by atoms with Crippen LogP contribution in [0.3, 0.4) is 0 Å².